The van der Waals surface area contributed by atoms with Crippen LogP contribution < -0.4 is 10.5 Å². The number of piperidine rings is 1. The minimum absolute atomic E-state index is 0.0405. The van der Waals surface area contributed by atoms with Crippen molar-refractivity contribution in [2.75, 3.05) is 20.2 Å². The van der Waals surface area contributed by atoms with Crippen molar-refractivity contribution in [2.45, 2.75) is 31.7 Å². The highest BCUT2D eigenvalue weighted by molar-refractivity contribution is 6.31. The maximum atomic E-state index is 13.4. The lowest BCUT2D eigenvalue weighted by Gasteiger charge is -2.32. The van der Waals surface area contributed by atoms with Gasteiger partial charge in [0.15, 0.2) is 0 Å². The molecular formula is C24H26ClN3O3. The van der Waals surface area contributed by atoms with Crippen molar-refractivity contribution < 1.29 is 14.3 Å². The topological polar surface area (TPSA) is 77.6 Å². The smallest absolute Gasteiger partial charge is 0.256 e. The van der Waals surface area contributed by atoms with Gasteiger partial charge in [-0.2, -0.15) is 0 Å². The first kappa shape index (κ1) is 21.2. The van der Waals surface area contributed by atoms with Crippen LogP contribution in [0.2, 0.25) is 5.02 Å². The van der Waals surface area contributed by atoms with Crippen LogP contribution in [0.4, 0.5) is 0 Å². The Kier molecular flexibility index (Phi) is 5.92. The summed E-state index contributed by atoms with van der Waals surface area (Å²) in [6.07, 6.45) is 3.47. The maximum Gasteiger partial charge on any atom is 0.256 e. The molecule has 1 atom stereocenters. The first-order valence-electron chi connectivity index (χ1n) is 10.4. The van der Waals surface area contributed by atoms with Crippen molar-refractivity contribution in [1.29, 1.82) is 0 Å². The Morgan fingerprint density at radius 1 is 1.16 bits per heavy atom. The van der Waals surface area contributed by atoms with E-state index in [1.54, 1.807) is 36.9 Å². The summed E-state index contributed by atoms with van der Waals surface area (Å²) < 4.78 is 7.25. The zero-order chi connectivity index (χ0) is 22.1. The monoisotopic (exact) mass is 439 g/mol. The molecule has 0 spiro atoms. The van der Waals surface area contributed by atoms with Gasteiger partial charge >= 0.3 is 0 Å². The third-order valence-corrected chi connectivity index (χ3v) is 6.45. The molecule has 2 aromatic carbocycles. The number of carbonyl (C=O) groups is 2. The maximum absolute atomic E-state index is 13.4. The van der Waals surface area contributed by atoms with Crippen molar-refractivity contribution >= 4 is 34.3 Å². The quantitative estimate of drug-likeness (QED) is 0.641. The summed E-state index contributed by atoms with van der Waals surface area (Å²) >= 11 is 6.18. The number of benzene rings is 2. The molecule has 7 heteroatoms. The van der Waals surface area contributed by atoms with Gasteiger partial charge in [-0.25, -0.2) is 0 Å². The average molecular weight is 440 g/mol. The third kappa shape index (κ3) is 4.00. The summed E-state index contributed by atoms with van der Waals surface area (Å²) in [7, 11) is 1.69. The second kappa shape index (κ2) is 8.63. The van der Waals surface area contributed by atoms with Crippen LogP contribution in [0.15, 0.2) is 48.7 Å². The molecule has 1 fully saturated rings. The minimum Gasteiger partial charge on any atom is -0.496 e. The molecule has 1 unspecified atom stereocenters. The number of ether oxygens (including phenoxy) is 1. The Labute approximate surface area is 186 Å². The molecule has 0 saturated carbocycles. The number of fused-ring (bicyclic) bond motifs is 1. The van der Waals surface area contributed by atoms with E-state index < -0.39 is 11.9 Å². The summed E-state index contributed by atoms with van der Waals surface area (Å²) in [5.74, 6) is 0.748. The molecule has 1 aliphatic heterocycles. The Hall–Kier alpha value is -2.99. The number of carbonyl (C=O) groups excluding carboxylic acids is 2. The van der Waals surface area contributed by atoms with Gasteiger partial charge in [-0.1, -0.05) is 35.9 Å². The number of primary amides is 1. The van der Waals surface area contributed by atoms with Gasteiger partial charge in [-0.3, -0.25) is 9.59 Å². The summed E-state index contributed by atoms with van der Waals surface area (Å²) in [6.45, 7) is 3.04. The van der Waals surface area contributed by atoms with Gasteiger partial charge in [-0.05, 0) is 49.4 Å². The molecule has 2 amide bonds. The molecule has 1 aliphatic rings. The molecule has 162 valence electrons. The van der Waals surface area contributed by atoms with E-state index >= 15 is 0 Å². The molecule has 1 aromatic heterocycles. The summed E-state index contributed by atoms with van der Waals surface area (Å²) in [4.78, 5) is 27.1. The van der Waals surface area contributed by atoms with Crippen molar-refractivity contribution in [1.82, 2.24) is 9.47 Å². The van der Waals surface area contributed by atoms with E-state index in [1.807, 2.05) is 29.2 Å². The van der Waals surface area contributed by atoms with Gasteiger partial charge in [0.1, 0.15) is 11.8 Å². The van der Waals surface area contributed by atoms with Crippen LogP contribution in [0.25, 0.3) is 10.9 Å². The Morgan fingerprint density at radius 2 is 1.87 bits per heavy atom. The number of amides is 2. The van der Waals surface area contributed by atoms with Gasteiger partial charge in [0.2, 0.25) is 5.91 Å². The van der Waals surface area contributed by atoms with Crippen LogP contribution in [0.5, 0.6) is 5.75 Å². The van der Waals surface area contributed by atoms with E-state index in [0.717, 1.165) is 29.5 Å². The highest BCUT2D eigenvalue weighted by Gasteiger charge is 2.28. The summed E-state index contributed by atoms with van der Waals surface area (Å²) in [5, 5.41) is 1.31. The number of nitrogens with zero attached hydrogens (tertiary/aromatic N) is 2. The fourth-order valence-electron chi connectivity index (χ4n) is 4.42. The SMILES string of the molecule is COc1ccccc1C1CCN(C(=O)c2cn(C(C)C(N)=O)c3cc(Cl)ccc23)CC1. The first-order chi connectivity index (χ1) is 14.9. The summed E-state index contributed by atoms with van der Waals surface area (Å²) in [6, 6.07) is 12.8. The van der Waals surface area contributed by atoms with Crippen LogP contribution in [0, 0.1) is 0 Å². The molecule has 4 rings (SSSR count). The zero-order valence-corrected chi connectivity index (χ0v) is 18.4. The largest absolute Gasteiger partial charge is 0.496 e. The fourth-order valence-corrected chi connectivity index (χ4v) is 4.59. The van der Waals surface area contributed by atoms with E-state index in [2.05, 4.69) is 6.07 Å². The number of hydrogen-bond acceptors (Lipinski definition) is 3. The highest BCUT2D eigenvalue weighted by atomic mass is 35.5. The molecule has 2 N–H and O–H groups in total. The second-order valence-corrected chi connectivity index (χ2v) is 8.43. The van der Waals surface area contributed by atoms with Gasteiger partial charge in [0, 0.05) is 29.7 Å². The minimum atomic E-state index is -0.584. The number of likely N-dealkylation sites (tertiary alicyclic amines) is 1. The predicted octanol–water partition coefficient (Wildman–Crippen LogP) is 4.37. The summed E-state index contributed by atoms with van der Waals surface area (Å²) in [5.41, 5.74) is 8.01. The number of para-hydroxylation sites is 1. The zero-order valence-electron chi connectivity index (χ0n) is 17.7. The average Bonchev–Trinajstić information content (AvgIpc) is 3.16. The second-order valence-electron chi connectivity index (χ2n) is 8.00. The number of aromatic nitrogens is 1. The van der Waals surface area contributed by atoms with Crippen LogP contribution in [-0.2, 0) is 4.79 Å². The van der Waals surface area contributed by atoms with E-state index in [9.17, 15) is 9.59 Å². The molecule has 0 radical (unpaired) electrons. The van der Waals surface area contributed by atoms with Gasteiger partial charge in [-0.15, -0.1) is 0 Å². The number of nitrogens with two attached hydrogens (primary N) is 1. The van der Waals surface area contributed by atoms with Crippen molar-refractivity contribution in [3.63, 3.8) is 0 Å². The molecule has 1 saturated heterocycles. The Bertz CT molecular complexity index is 1130. The highest BCUT2D eigenvalue weighted by Crippen LogP contribution is 2.35. The van der Waals surface area contributed by atoms with Gasteiger partial charge < -0.3 is 19.9 Å². The molecule has 3 aromatic rings. The number of halogens is 1. The van der Waals surface area contributed by atoms with E-state index in [1.165, 1.54) is 5.56 Å². The van der Waals surface area contributed by atoms with E-state index in [-0.39, 0.29) is 5.91 Å². The standard InChI is InChI=1S/C24H26ClN3O3/c1-15(23(26)29)28-14-20(19-8-7-17(25)13-21(19)28)24(30)27-11-9-16(10-12-27)18-5-3-4-6-22(18)31-2/h3-8,13-16H,9-12H2,1-2H3,(H2,26,29). The number of hydrogen-bond donors (Lipinski definition) is 1. The molecular weight excluding hydrogens is 414 g/mol. The molecule has 31 heavy (non-hydrogen) atoms. The van der Waals surface area contributed by atoms with Crippen LogP contribution in [0.1, 0.15) is 47.6 Å². The lowest BCUT2D eigenvalue weighted by molar-refractivity contribution is -0.120. The van der Waals surface area contributed by atoms with E-state index in [4.69, 9.17) is 22.1 Å². The Morgan fingerprint density at radius 3 is 2.55 bits per heavy atom. The van der Waals surface area contributed by atoms with Crippen LogP contribution in [-0.4, -0.2) is 41.5 Å². The molecule has 0 bridgehead atoms. The predicted molar refractivity (Wildman–Crippen MR) is 122 cm³/mol. The van der Waals surface area contributed by atoms with Crippen molar-refractivity contribution in [3.05, 3.63) is 64.8 Å². The molecule has 6 nitrogen and oxygen atoms in total. The fraction of sp³-hybridized carbons (Fsp3) is 0.333. The van der Waals surface area contributed by atoms with Crippen LogP contribution in [0.3, 0.4) is 0 Å². The van der Waals surface area contributed by atoms with Gasteiger partial charge in [0.25, 0.3) is 5.91 Å². The lowest BCUT2D eigenvalue weighted by Crippen LogP contribution is -2.38. The third-order valence-electron chi connectivity index (χ3n) is 6.22. The van der Waals surface area contributed by atoms with Crippen LogP contribution >= 0.6 is 11.6 Å². The Balaban J connectivity index is 1.59. The van der Waals surface area contributed by atoms with E-state index in [0.29, 0.717) is 29.6 Å². The number of methoxy groups -OCH3 is 1. The molecule has 2 heterocycles. The van der Waals surface area contributed by atoms with Gasteiger partial charge in [0.05, 0.1) is 18.2 Å². The first-order valence-corrected chi connectivity index (χ1v) is 10.8. The number of rotatable bonds is 5. The lowest BCUT2D eigenvalue weighted by atomic mass is 9.88. The normalized spacial score (nSPS) is 15.8. The molecule has 0 aliphatic carbocycles. The van der Waals surface area contributed by atoms with Crippen molar-refractivity contribution in [3.8, 4) is 5.75 Å². The van der Waals surface area contributed by atoms with Crippen molar-refractivity contribution in [2.24, 2.45) is 5.73 Å².